The Morgan fingerprint density at radius 1 is 1.47 bits per heavy atom. The van der Waals surface area contributed by atoms with E-state index in [1.165, 1.54) is 22.6 Å². The number of esters is 1. The Morgan fingerprint density at radius 3 is 2.58 bits per heavy atom. The highest BCUT2D eigenvalue weighted by atomic mass is 127. The van der Waals surface area contributed by atoms with E-state index in [0.717, 1.165) is 13.2 Å². The van der Waals surface area contributed by atoms with E-state index in [9.17, 15) is 18.0 Å². The van der Waals surface area contributed by atoms with E-state index in [4.69, 9.17) is 9.47 Å². The number of carbonyl (C=O) groups excluding carboxylic acids is 1. The molecule has 1 heterocycles. The smallest absolute Gasteiger partial charge is 0.493 e. The molecule has 0 bridgehead atoms. The molecule has 0 fully saturated rings. The Balaban J connectivity index is 3.18. The van der Waals surface area contributed by atoms with Crippen molar-refractivity contribution in [2.24, 2.45) is 0 Å². The number of alkyl halides is 3. The van der Waals surface area contributed by atoms with Crippen LogP contribution in [0.1, 0.15) is 17.4 Å². The van der Waals surface area contributed by atoms with E-state index in [1.54, 1.807) is 6.92 Å². The second kappa shape index (κ2) is 6.26. The first-order valence-corrected chi connectivity index (χ1v) is 6.03. The first kappa shape index (κ1) is 15.8. The van der Waals surface area contributed by atoms with Crippen LogP contribution in [0.15, 0.2) is 6.07 Å². The predicted molar refractivity (Wildman–Crippen MR) is 66.1 cm³/mol. The van der Waals surface area contributed by atoms with E-state index in [1.807, 2.05) is 0 Å². The van der Waals surface area contributed by atoms with Gasteiger partial charge in [-0.2, -0.15) is 0 Å². The van der Waals surface area contributed by atoms with Crippen molar-refractivity contribution in [1.29, 1.82) is 0 Å². The lowest BCUT2D eigenvalue weighted by molar-refractivity contribution is -0.275. The van der Waals surface area contributed by atoms with Gasteiger partial charge < -0.3 is 14.2 Å². The molecule has 0 aliphatic heterocycles. The van der Waals surface area contributed by atoms with Crippen LogP contribution in [-0.4, -0.2) is 31.0 Å². The molecule has 0 aliphatic rings. The molecule has 0 amide bonds. The Kier molecular flexibility index (Phi) is 5.20. The van der Waals surface area contributed by atoms with Gasteiger partial charge in [0.15, 0.2) is 11.4 Å². The van der Waals surface area contributed by atoms with Gasteiger partial charge in [-0.25, -0.2) is 9.78 Å². The number of ether oxygens (including phenoxy) is 3. The summed E-state index contributed by atoms with van der Waals surface area (Å²) in [6.07, 6.45) is -4.87. The lowest BCUT2D eigenvalue weighted by Gasteiger charge is -2.14. The zero-order chi connectivity index (χ0) is 14.6. The lowest BCUT2D eigenvalue weighted by atomic mass is 10.3. The van der Waals surface area contributed by atoms with Crippen LogP contribution in [-0.2, 0) is 4.74 Å². The molecular weight excluding hydrogens is 382 g/mol. The van der Waals surface area contributed by atoms with Gasteiger partial charge >= 0.3 is 12.3 Å². The summed E-state index contributed by atoms with van der Waals surface area (Å²) in [4.78, 5) is 15.1. The molecule has 0 saturated carbocycles. The third-order valence-corrected chi connectivity index (χ3v) is 2.55. The third kappa shape index (κ3) is 4.40. The lowest BCUT2D eigenvalue weighted by Crippen LogP contribution is -2.19. The van der Waals surface area contributed by atoms with E-state index < -0.39 is 18.1 Å². The zero-order valence-corrected chi connectivity index (χ0v) is 12.0. The van der Waals surface area contributed by atoms with Crippen LogP contribution in [0.3, 0.4) is 0 Å². The molecule has 0 radical (unpaired) electrons. The first-order valence-electron chi connectivity index (χ1n) is 4.96. The van der Waals surface area contributed by atoms with Crippen molar-refractivity contribution in [1.82, 2.24) is 4.98 Å². The summed E-state index contributed by atoms with van der Waals surface area (Å²) in [5.41, 5.74) is -0.155. The van der Waals surface area contributed by atoms with E-state index >= 15 is 0 Å². The molecule has 0 saturated heterocycles. The van der Waals surface area contributed by atoms with Crippen molar-refractivity contribution < 1.29 is 32.2 Å². The highest BCUT2D eigenvalue weighted by Gasteiger charge is 2.34. The van der Waals surface area contributed by atoms with Crippen molar-refractivity contribution in [3.05, 3.63) is 15.5 Å². The molecule has 0 aromatic carbocycles. The predicted octanol–water partition coefficient (Wildman–Crippen LogP) is 2.77. The van der Waals surface area contributed by atoms with E-state index in [2.05, 4.69) is 9.72 Å². The topological polar surface area (TPSA) is 57.7 Å². The molecule has 5 nitrogen and oxygen atoms in total. The van der Waals surface area contributed by atoms with Crippen molar-refractivity contribution in [3.8, 4) is 11.5 Å². The Hall–Kier alpha value is -1.26. The molecule has 0 aliphatic carbocycles. The quantitative estimate of drug-likeness (QED) is 0.449. The molecule has 106 valence electrons. The van der Waals surface area contributed by atoms with Gasteiger partial charge in [0, 0.05) is 6.07 Å². The van der Waals surface area contributed by atoms with Gasteiger partial charge in [0.25, 0.3) is 0 Å². The van der Waals surface area contributed by atoms with Gasteiger partial charge in [0.1, 0.15) is 3.70 Å². The second-order valence-electron chi connectivity index (χ2n) is 3.10. The first-order chi connectivity index (χ1) is 8.78. The molecule has 0 atom stereocenters. The average Bonchev–Trinajstić information content (AvgIpc) is 2.30. The number of nitrogens with zero attached hydrogens (tertiary/aromatic N) is 1. The summed E-state index contributed by atoms with van der Waals surface area (Å²) in [7, 11) is 1.16. The van der Waals surface area contributed by atoms with Crippen LogP contribution in [0.4, 0.5) is 13.2 Å². The minimum absolute atomic E-state index is 0.125. The third-order valence-electron chi connectivity index (χ3n) is 1.82. The summed E-state index contributed by atoms with van der Waals surface area (Å²) in [5, 5.41) is 0. The maximum absolute atomic E-state index is 12.2. The molecule has 1 aromatic heterocycles. The standard InChI is InChI=1S/C10H9F3INO4/c1-3-18-9(16)5-4-6(17-2)7(8(14)15-5)19-10(11,12)13/h4H,3H2,1-2H3. The van der Waals surface area contributed by atoms with Gasteiger partial charge in [-0.1, -0.05) is 0 Å². The molecule has 0 spiro atoms. The largest absolute Gasteiger partial charge is 0.573 e. The van der Waals surface area contributed by atoms with Gasteiger partial charge in [-0.05, 0) is 29.5 Å². The number of carbonyl (C=O) groups is 1. The van der Waals surface area contributed by atoms with Crippen LogP contribution in [0.25, 0.3) is 0 Å². The number of aromatic nitrogens is 1. The van der Waals surface area contributed by atoms with Crippen molar-refractivity contribution >= 4 is 28.6 Å². The van der Waals surface area contributed by atoms with E-state index in [-0.39, 0.29) is 21.8 Å². The minimum atomic E-state index is -4.87. The number of rotatable bonds is 4. The SMILES string of the molecule is CCOC(=O)c1cc(OC)c(OC(F)(F)F)c(I)n1. The number of methoxy groups -OCH3 is 1. The summed E-state index contributed by atoms with van der Waals surface area (Å²) in [6, 6.07) is 1.03. The maximum atomic E-state index is 12.2. The number of pyridine rings is 1. The maximum Gasteiger partial charge on any atom is 0.573 e. The minimum Gasteiger partial charge on any atom is -0.493 e. The Labute approximate surface area is 120 Å². The second-order valence-corrected chi connectivity index (χ2v) is 4.12. The molecule has 19 heavy (non-hydrogen) atoms. The normalized spacial score (nSPS) is 11.1. The number of hydrogen-bond acceptors (Lipinski definition) is 5. The highest BCUT2D eigenvalue weighted by molar-refractivity contribution is 14.1. The number of hydrogen-bond donors (Lipinski definition) is 0. The highest BCUT2D eigenvalue weighted by Crippen LogP contribution is 2.36. The average molecular weight is 391 g/mol. The van der Waals surface area contributed by atoms with Crippen LogP contribution >= 0.6 is 22.6 Å². The Bertz CT molecular complexity index is 479. The van der Waals surface area contributed by atoms with Crippen LogP contribution in [0.5, 0.6) is 11.5 Å². The van der Waals surface area contributed by atoms with Gasteiger partial charge in [-0.3, -0.25) is 0 Å². The fourth-order valence-corrected chi connectivity index (χ4v) is 1.79. The zero-order valence-electron chi connectivity index (χ0n) is 9.88. The summed E-state index contributed by atoms with van der Waals surface area (Å²) in [6.45, 7) is 1.72. The monoisotopic (exact) mass is 391 g/mol. The molecule has 1 rings (SSSR count). The Morgan fingerprint density at radius 2 is 2.11 bits per heavy atom. The fourth-order valence-electron chi connectivity index (χ4n) is 1.15. The van der Waals surface area contributed by atoms with E-state index in [0.29, 0.717) is 0 Å². The molecule has 0 unspecified atom stereocenters. The van der Waals surface area contributed by atoms with Crippen LogP contribution in [0, 0.1) is 3.70 Å². The van der Waals surface area contributed by atoms with Crippen LogP contribution in [0.2, 0.25) is 0 Å². The summed E-state index contributed by atoms with van der Waals surface area (Å²) >= 11 is 1.51. The fraction of sp³-hybridized carbons (Fsp3) is 0.400. The molecule has 9 heteroatoms. The van der Waals surface area contributed by atoms with Crippen LogP contribution < -0.4 is 9.47 Å². The molecular formula is C10H9F3INO4. The summed E-state index contributed by atoms with van der Waals surface area (Å²) in [5.74, 6) is -1.60. The van der Waals surface area contributed by atoms with Gasteiger partial charge in [0.2, 0.25) is 5.75 Å². The summed E-state index contributed by atoms with van der Waals surface area (Å²) < 4.78 is 49.8. The number of halogens is 4. The van der Waals surface area contributed by atoms with Crippen molar-refractivity contribution in [2.75, 3.05) is 13.7 Å². The van der Waals surface area contributed by atoms with Crippen molar-refractivity contribution in [2.45, 2.75) is 13.3 Å². The molecule has 1 aromatic rings. The van der Waals surface area contributed by atoms with Gasteiger partial charge in [0.05, 0.1) is 13.7 Å². The van der Waals surface area contributed by atoms with Crippen molar-refractivity contribution in [3.63, 3.8) is 0 Å². The van der Waals surface area contributed by atoms with Gasteiger partial charge in [-0.15, -0.1) is 13.2 Å². The molecule has 0 N–H and O–H groups in total.